The second-order valence-corrected chi connectivity index (χ2v) is 6.90. The smallest absolute Gasteiger partial charge is 0.340 e. The van der Waals surface area contributed by atoms with Crippen LogP contribution in [0.1, 0.15) is 42.6 Å². The second kappa shape index (κ2) is 7.13. The van der Waals surface area contributed by atoms with Gasteiger partial charge in [-0.05, 0) is 31.0 Å². The molecule has 1 N–H and O–H groups in total. The van der Waals surface area contributed by atoms with Gasteiger partial charge in [-0.2, -0.15) is 0 Å². The molecule has 0 saturated carbocycles. The molecule has 3 aromatic rings. The third-order valence-electron chi connectivity index (χ3n) is 3.94. The lowest BCUT2D eigenvalue weighted by Crippen LogP contribution is -2.15. The number of carbonyl (C=O) groups excluding carboxylic acids is 1. The minimum absolute atomic E-state index is 0.0627. The maximum atomic E-state index is 12.7. The molecule has 0 aliphatic heterocycles. The molecule has 0 amide bonds. The van der Waals surface area contributed by atoms with Crippen LogP contribution in [0.5, 0.6) is 0 Å². The highest BCUT2D eigenvalue weighted by atomic mass is 35.5. The fourth-order valence-corrected chi connectivity index (χ4v) is 3.37. The quantitative estimate of drug-likeness (QED) is 0.670. The summed E-state index contributed by atoms with van der Waals surface area (Å²) in [6.45, 7) is 5.79. The standard InChI is InChI=1S/C18H17Cl2N3O3/c1-4-26-18(25)12-8-23-15(14(12)9(2)3)17(24)21-16(22-23)11-6-5-10(19)7-13(11)20/h5-9H,4H2,1-3H3,(H,21,22,24). The SMILES string of the molecule is CCOC(=O)c1cn2nc(-c3ccc(Cl)cc3Cl)[nH]c(=O)c2c1C(C)C. The van der Waals surface area contributed by atoms with Crippen LogP contribution in [-0.2, 0) is 4.74 Å². The minimum Gasteiger partial charge on any atom is -0.462 e. The van der Waals surface area contributed by atoms with Crippen LogP contribution in [0.25, 0.3) is 16.9 Å². The number of carbonyl (C=O) groups is 1. The highest BCUT2D eigenvalue weighted by Gasteiger charge is 2.24. The topological polar surface area (TPSA) is 76.5 Å². The number of benzene rings is 1. The number of ether oxygens (including phenoxy) is 1. The molecule has 136 valence electrons. The van der Waals surface area contributed by atoms with Crippen molar-refractivity contribution < 1.29 is 9.53 Å². The summed E-state index contributed by atoms with van der Waals surface area (Å²) in [6.07, 6.45) is 1.52. The van der Waals surface area contributed by atoms with E-state index in [-0.39, 0.29) is 23.9 Å². The number of aromatic nitrogens is 3. The number of hydrogen-bond donors (Lipinski definition) is 1. The number of fused-ring (bicyclic) bond motifs is 1. The fourth-order valence-electron chi connectivity index (χ4n) is 2.87. The number of rotatable bonds is 4. The van der Waals surface area contributed by atoms with Crippen molar-refractivity contribution in [2.75, 3.05) is 6.61 Å². The number of hydrogen-bond acceptors (Lipinski definition) is 4. The zero-order valence-electron chi connectivity index (χ0n) is 14.5. The number of nitrogens with one attached hydrogen (secondary N) is 1. The third kappa shape index (κ3) is 3.22. The number of H-pyrrole nitrogens is 1. The van der Waals surface area contributed by atoms with Crippen molar-refractivity contribution in [2.24, 2.45) is 0 Å². The molecule has 0 aliphatic rings. The molecule has 1 aromatic carbocycles. The largest absolute Gasteiger partial charge is 0.462 e. The number of esters is 1. The Morgan fingerprint density at radius 1 is 1.35 bits per heavy atom. The van der Waals surface area contributed by atoms with E-state index in [4.69, 9.17) is 27.9 Å². The lowest BCUT2D eigenvalue weighted by Gasteiger charge is -2.08. The average molecular weight is 394 g/mol. The Hall–Kier alpha value is -2.31. The van der Waals surface area contributed by atoms with Gasteiger partial charge in [0.05, 0.1) is 17.2 Å². The van der Waals surface area contributed by atoms with Crippen LogP contribution in [0.3, 0.4) is 0 Å². The van der Waals surface area contributed by atoms with Gasteiger partial charge in [-0.1, -0.05) is 37.0 Å². The molecule has 3 rings (SSSR count). The first kappa shape index (κ1) is 18.5. The first-order valence-electron chi connectivity index (χ1n) is 8.11. The summed E-state index contributed by atoms with van der Waals surface area (Å²) >= 11 is 12.1. The minimum atomic E-state index is -0.479. The van der Waals surface area contributed by atoms with Crippen LogP contribution in [0.2, 0.25) is 10.0 Å². The van der Waals surface area contributed by atoms with Gasteiger partial charge in [0.2, 0.25) is 0 Å². The first-order chi connectivity index (χ1) is 12.3. The molecule has 6 nitrogen and oxygen atoms in total. The summed E-state index contributed by atoms with van der Waals surface area (Å²) in [5.74, 6) is -0.260. The highest BCUT2D eigenvalue weighted by Crippen LogP contribution is 2.29. The molecule has 26 heavy (non-hydrogen) atoms. The maximum absolute atomic E-state index is 12.7. The van der Waals surface area contributed by atoms with Gasteiger partial charge < -0.3 is 9.72 Å². The zero-order valence-corrected chi connectivity index (χ0v) is 16.0. The predicted octanol–water partition coefficient (Wildman–Crippen LogP) is 4.30. The molecular weight excluding hydrogens is 377 g/mol. The predicted molar refractivity (Wildman–Crippen MR) is 101 cm³/mol. The van der Waals surface area contributed by atoms with E-state index in [1.165, 1.54) is 10.7 Å². The van der Waals surface area contributed by atoms with E-state index in [9.17, 15) is 9.59 Å². The van der Waals surface area contributed by atoms with Gasteiger partial charge in [-0.15, -0.1) is 5.10 Å². The van der Waals surface area contributed by atoms with Gasteiger partial charge in [0.1, 0.15) is 5.52 Å². The van der Waals surface area contributed by atoms with E-state index in [2.05, 4.69) is 10.1 Å². The van der Waals surface area contributed by atoms with Crippen LogP contribution in [0.15, 0.2) is 29.2 Å². The highest BCUT2D eigenvalue weighted by molar-refractivity contribution is 6.36. The van der Waals surface area contributed by atoms with E-state index in [0.717, 1.165) is 0 Å². The van der Waals surface area contributed by atoms with Gasteiger partial charge >= 0.3 is 5.97 Å². The lowest BCUT2D eigenvalue weighted by molar-refractivity contribution is 0.0525. The Morgan fingerprint density at radius 3 is 2.69 bits per heavy atom. The van der Waals surface area contributed by atoms with Gasteiger partial charge in [0.25, 0.3) is 5.56 Å². The molecule has 0 fully saturated rings. The van der Waals surface area contributed by atoms with Crippen molar-refractivity contribution in [3.05, 3.63) is 55.9 Å². The molecule has 8 heteroatoms. The molecule has 2 heterocycles. The Bertz CT molecular complexity index is 1050. The van der Waals surface area contributed by atoms with E-state index in [0.29, 0.717) is 32.3 Å². The molecule has 0 bridgehead atoms. The average Bonchev–Trinajstić information content (AvgIpc) is 2.95. The molecule has 0 saturated heterocycles. The first-order valence-corrected chi connectivity index (χ1v) is 8.87. The van der Waals surface area contributed by atoms with Crippen molar-refractivity contribution in [1.29, 1.82) is 0 Å². The summed E-state index contributed by atoms with van der Waals surface area (Å²) in [6, 6.07) is 4.90. The van der Waals surface area contributed by atoms with Gasteiger partial charge in [-0.25, -0.2) is 9.31 Å². The molecule has 0 spiro atoms. The van der Waals surface area contributed by atoms with E-state index in [1.54, 1.807) is 25.1 Å². The Labute approximate surface area is 159 Å². The van der Waals surface area contributed by atoms with Gasteiger partial charge in [-0.3, -0.25) is 4.79 Å². The molecule has 0 aliphatic carbocycles. The summed E-state index contributed by atoms with van der Waals surface area (Å²) < 4.78 is 6.51. The summed E-state index contributed by atoms with van der Waals surface area (Å²) in [5, 5.41) is 5.27. The van der Waals surface area contributed by atoms with Crippen molar-refractivity contribution in [1.82, 2.24) is 14.6 Å². The van der Waals surface area contributed by atoms with Crippen LogP contribution in [-0.4, -0.2) is 27.2 Å². The Balaban J connectivity index is 2.26. The van der Waals surface area contributed by atoms with Crippen LogP contribution < -0.4 is 5.56 Å². The second-order valence-electron chi connectivity index (χ2n) is 6.05. The van der Waals surface area contributed by atoms with Crippen molar-refractivity contribution >= 4 is 34.7 Å². The number of halogens is 2. The molecule has 0 radical (unpaired) electrons. The lowest BCUT2D eigenvalue weighted by atomic mass is 10.0. The summed E-state index contributed by atoms with van der Waals surface area (Å²) in [7, 11) is 0. The normalized spacial score (nSPS) is 11.3. The maximum Gasteiger partial charge on any atom is 0.340 e. The molecule has 0 unspecified atom stereocenters. The van der Waals surface area contributed by atoms with E-state index < -0.39 is 5.97 Å². The van der Waals surface area contributed by atoms with E-state index in [1.807, 2.05) is 13.8 Å². The Kier molecular flexibility index (Phi) is 5.07. The van der Waals surface area contributed by atoms with Gasteiger partial charge in [0, 0.05) is 22.3 Å². The number of aromatic amines is 1. The summed E-state index contributed by atoms with van der Waals surface area (Å²) in [4.78, 5) is 27.8. The van der Waals surface area contributed by atoms with Crippen molar-refractivity contribution in [3.63, 3.8) is 0 Å². The third-order valence-corrected chi connectivity index (χ3v) is 4.49. The summed E-state index contributed by atoms with van der Waals surface area (Å²) in [5.41, 5.74) is 1.43. The van der Waals surface area contributed by atoms with Crippen LogP contribution in [0, 0.1) is 0 Å². The van der Waals surface area contributed by atoms with Crippen molar-refractivity contribution in [2.45, 2.75) is 26.7 Å². The monoisotopic (exact) mass is 393 g/mol. The van der Waals surface area contributed by atoms with Gasteiger partial charge in [0.15, 0.2) is 5.82 Å². The number of nitrogens with zero attached hydrogens (tertiary/aromatic N) is 2. The molecule has 0 atom stereocenters. The fraction of sp³-hybridized carbons (Fsp3) is 0.278. The van der Waals surface area contributed by atoms with Crippen LogP contribution >= 0.6 is 23.2 Å². The molecule has 2 aromatic heterocycles. The van der Waals surface area contributed by atoms with Crippen LogP contribution in [0.4, 0.5) is 0 Å². The Morgan fingerprint density at radius 2 is 2.08 bits per heavy atom. The van der Waals surface area contributed by atoms with E-state index >= 15 is 0 Å². The molecular formula is C18H17Cl2N3O3. The van der Waals surface area contributed by atoms with Crippen molar-refractivity contribution in [3.8, 4) is 11.4 Å². The zero-order chi connectivity index (χ0) is 19.0.